The summed E-state index contributed by atoms with van der Waals surface area (Å²) in [5, 5.41) is 7.32. The van der Waals surface area contributed by atoms with Gasteiger partial charge in [-0.05, 0) is 30.2 Å². The Bertz CT molecular complexity index is 912. The third kappa shape index (κ3) is 6.64. The quantitative estimate of drug-likeness (QED) is 0.362. The van der Waals surface area contributed by atoms with E-state index in [4.69, 9.17) is 32.7 Å². The van der Waals surface area contributed by atoms with E-state index in [1.165, 1.54) is 13.3 Å². The highest BCUT2D eigenvalue weighted by atomic mass is 35.5. The van der Waals surface area contributed by atoms with E-state index in [9.17, 15) is 9.59 Å². The number of amides is 2. The Morgan fingerprint density at radius 1 is 1.10 bits per heavy atom. The number of nitrogens with zero attached hydrogens (tertiary/aromatic N) is 1. The fraction of sp³-hybridized carbons (Fsp3) is 0.286. The van der Waals surface area contributed by atoms with Gasteiger partial charge in [0.2, 0.25) is 0 Å². The summed E-state index contributed by atoms with van der Waals surface area (Å²) >= 11 is 12.4. The number of hydrazone groups is 1. The molecule has 9 heteroatoms. The van der Waals surface area contributed by atoms with Crippen LogP contribution in [0.5, 0.6) is 11.5 Å². The number of halogens is 2. The predicted octanol–water partition coefficient (Wildman–Crippen LogP) is 3.80. The second kappa shape index (κ2) is 11.4. The Morgan fingerprint density at radius 2 is 1.77 bits per heavy atom. The van der Waals surface area contributed by atoms with Crippen molar-refractivity contribution in [2.45, 2.75) is 20.5 Å². The molecule has 0 atom stereocenters. The summed E-state index contributed by atoms with van der Waals surface area (Å²) in [5.74, 6) is -0.536. The van der Waals surface area contributed by atoms with Gasteiger partial charge in [0, 0.05) is 27.7 Å². The zero-order chi connectivity index (χ0) is 22.1. The number of hydrogen-bond acceptors (Lipinski definition) is 5. The number of benzene rings is 2. The van der Waals surface area contributed by atoms with Crippen molar-refractivity contribution in [2.75, 3.05) is 13.7 Å². The number of para-hydroxylation sites is 1. The van der Waals surface area contributed by atoms with Crippen molar-refractivity contribution in [1.29, 1.82) is 0 Å². The number of methoxy groups -OCH3 is 1. The van der Waals surface area contributed by atoms with E-state index in [2.05, 4.69) is 15.8 Å². The normalized spacial score (nSPS) is 10.9. The minimum Gasteiger partial charge on any atom is -0.493 e. The topological polar surface area (TPSA) is 89.0 Å². The fourth-order valence-corrected chi connectivity index (χ4v) is 2.86. The molecule has 0 aliphatic carbocycles. The molecule has 2 aromatic carbocycles. The van der Waals surface area contributed by atoms with Crippen LogP contribution in [0, 0.1) is 5.92 Å². The largest absolute Gasteiger partial charge is 0.493 e. The summed E-state index contributed by atoms with van der Waals surface area (Å²) < 4.78 is 11.3. The summed E-state index contributed by atoms with van der Waals surface area (Å²) in [7, 11) is 1.51. The van der Waals surface area contributed by atoms with Crippen LogP contribution < -0.4 is 20.2 Å². The summed E-state index contributed by atoms with van der Waals surface area (Å²) in [4.78, 5) is 23.5. The van der Waals surface area contributed by atoms with Crippen LogP contribution in [-0.2, 0) is 16.2 Å². The average Bonchev–Trinajstić information content (AvgIpc) is 2.71. The molecule has 7 nitrogen and oxygen atoms in total. The lowest BCUT2D eigenvalue weighted by molar-refractivity contribution is -0.139. The molecule has 0 radical (unpaired) electrons. The van der Waals surface area contributed by atoms with Gasteiger partial charge in [-0.25, -0.2) is 5.43 Å². The zero-order valence-electron chi connectivity index (χ0n) is 16.9. The second-order valence-electron chi connectivity index (χ2n) is 6.67. The molecule has 0 saturated heterocycles. The van der Waals surface area contributed by atoms with E-state index in [0.717, 1.165) is 0 Å². The third-order valence-electron chi connectivity index (χ3n) is 3.90. The molecule has 0 saturated carbocycles. The molecule has 2 amide bonds. The molecule has 2 N–H and O–H groups in total. The lowest BCUT2D eigenvalue weighted by atomic mass is 10.2. The molecule has 0 aliphatic rings. The number of nitrogens with one attached hydrogen (secondary N) is 2. The Kier molecular flexibility index (Phi) is 8.95. The monoisotopic (exact) mass is 451 g/mol. The molecule has 30 heavy (non-hydrogen) atoms. The van der Waals surface area contributed by atoms with E-state index in [1.807, 2.05) is 13.8 Å². The maximum absolute atomic E-state index is 11.8. The van der Waals surface area contributed by atoms with Crippen molar-refractivity contribution in [1.82, 2.24) is 10.7 Å². The minimum atomic E-state index is -0.861. The summed E-state index contributed by atoms with van der Waals surface area (Å²) in [6.45, 7) is 4.35. The number of carbonyl (C=O) groups excluding carboxylic acids is 2. The van der Waals surface area contributed by atoms with Crippen molar-refractivity contribution in [3.8, 4) is 11.5 Å². The number of hydrogen-bond donors (Lipinski definition) is 2. The Labute approximate surface area is 185 Å². The smallest absolute Gasteiger partial charge is 0.329 e. The lowest BCUT2D eigenvalue weighted by Gasteiger charge is -2.14. The van der Waals surface area contributed by atoms with Crippen LogP contribution in [0.1, 0.15) is 25.0 Å². The summed E-state index contributed by atoms with van der Waals surface area (Å²) in [6, 6.07) is 10.4. The molecule has 0 bridgehead atoms. The van der Waals surface area contributed by atoms with E-state index >= 15 is 0 Å². The Balaban J connectivity index is 2.12. The standard InChI is InChI=1S/C21H23Cl2N3O4/c1-13(2)10-24-20(27)21(28)26-25-11-14-6-4-9-18(29-3)19(14)30-12-15-16(22)7-5-8-17(15)23/h4-9,11,13H,10,12H2,1-3H3,(H,24,27)(H,26,28)/b25-11-. The van der Waals surface area contributed by atoms with E-state index in [0.29, 0.717) is 39.2 Å². The van der Waals surface area contributed by atoms with Gasteiger partial charge in [-0.1, -0.05) is 49.2 Å². The third-order valence-corrected chi connectivity index (χ3v) is 4.61. The van der Waals surface area contributed by atoms with Crippen LogP contribution in [0.4, 0.5) is 0 Å². The van der Waals surface area contributed by atoms with Crippen molar-refractivity contribution in [2.24, 2.45) is 11.0 Å². The van der Waals surface area contributed by atoms with Crippen LogP contribution in [0.25, 0.3) is 0 Å². The SMILES string of the molecule is COc1cccc(/C=N\NC(=O)C(=O)NCC(C)C)c1OCc1c(Cl)cccc1Cl. The van der Waals surface area contributed by atoms with E-state index in [1.54, 1.807) is 36.4 Å². The molecule has 0 fully saturated rings. The molecule has 0 aromatic heterocycles. The highest BCUT2D eigenvalue weighted by molar-refractivity contribution is 6.36. The van der Waals surface area contributed by atoms with Gasteiger partial charge in [-0.2, -0.15) is 5.10 Å². The van der Waals surface area contributed by atoms with Crippen molar-refractivity contribution >= 4 is 41.2 Å². The highest BCUT2D eigenvalue weighted by Crippen LogP contribution is 2.32. The van der Waals surface area contributed by atoms with Gasteiger partial charge in [0.1, 0.15) is 6.61 Å². The molecular weight excluding hydrogens is 429 g/mol. The molecule has 2 aromatic rings. The fourth-order valence-electron chi connectivity index (χ4n) is 2.35. The van der Waals surface area contributed by atoms with E-state index < -0.39 is 11.8 Å². The molecule has 160 valence electrons. The van der Waals surface area contributed by atoms with Crippen LogP contribution in [0.15, 0.2) is 41.5 Å². The maximum Gasteiger partial charge on any atom is 0.329 e. The van der Waals surface area contributed by atoms with Crippen LogP contribution in [0.3, 0.4) is 0 Å². The summed E-state index contributed by atoms with van der Waals surface area (Å²) in [6.07, 6.45) is 1.36. The molecule has 2 rings (SSSR count). The highest BCUT2D eigenvalue weighted by Gasteiger charge is 2.14. The lowest BCUT2D eigenvalue weighted by Crippen LogP contribution is -2.39. The molecule has 0 heterocycles. The van der Waals surface area contributed by atoms with Crippen molar-refractivity contribution in [3.05, 3.63) is 57.6 Å². The average molecular weight is 452 g/mol. The van der Waals surface area contributed by atoms with Crippen LogP contribution >= 0.6 is 23.2 Å². The van der Waals surface area contributed by atoms with Gasteiger partial charge >= 0.3 is 11.8 Å². The molecule has 0 spiro atoms. The predicted molar refractivity (Wildman–Crippen MR) is 117 cm³/mol. The molecular formula is C21H23Cl2N3O4. The number of carbonyl (C=O) groups is 2. The zero-order valence-corrected chi connectivity index (χ0v) is 18.4. The number of rotatable bonds is 8. The van der Waals surface area contributed by atoms with Crippen molar-refractivity contribution < 1.29 is 19.1 Å². The van der Waals surface area contributed by atoms with Gasteiger partial charge < -0.3 is 14.8 Å². The second-order valence-corrected chi connectivity index (χ2v) is 7.48. The molecule has 0 unspecified atom stereocenters. The first kappa shape index (κ1) is 23.5. The first-order chi connectivity index (χ1) is 14.3. The van der Waals surface area contributed by atoms with Gasteiger partial charge in [-0.15, -0.1) is 0 Å². The molecule has 0 aliphatic heterocycles. The van der Waals surface area contributed by atoms with Crippen LogP contribution in [0.2, 0.25) is 10.0 Å². The first-order valence-corrected chi connectivity index (χ1v) is 9.93. The first-order valence-electron chi connectivity index (χ1n) is 9.17. The number of ether oxygens (including phenoxy) is 2. The summed E-state index contributed by atoms with van der Waals surface area (Å²) in [5.41, 5.74) is 3.35. The van der Waals surface area contributed by atoms with Gasteiger partial charge in [-0.3, -0.25) is 9.59 Å². The minimum absolute atomic E-state index is 0.101. The Morgan fingerprint density at radius 3 is 2.40 bits per heavy atom. The van der Waals surface area contributed by atoms with Crippen molar-refractivity contribution in [3.63, 3.8) is 0 Å². The van der Waals surface area contributed by atoms with Gasteiger partial charge in [0.05, 0.1) is 13.3 Å². The van der Waals surface area contributed by atoms with Crippen LogP contribution in [-0.4, -0.2) is 31.7 Å². The Hall–Kier alpha value is -2.77. The van der Waals surface area contributed by atoms with Gasteiger partial charge in [0.15, 0.2) is 11.5 Å². The maximum atomic E-state index is 11.8. The van der Waals surface area contributed by atoms with Gasteiger partial charge in [0.25, 0.3) is 0 Å². The van der Waals surface area contributed by atoms with E-state index in [-0.39, 0.29) is 12.5 Å².